The minimum atomic E-state index is -0.438. The molecule has 0 spiro atoms. The van der Waals surface area contributed by atoms with E-state index in [4.69, 9.17) is 24.4 Å². The van der Waals surface area contributed by atoms with E-state index >= 15 is 0 Å². The first-order chi connectivity index (χ1) is 21.3. The number of benzene rings is 4. The fraction of sp³-hybridized carbons (Fsp3) is 0.125. The second kappa shape index (κ2) is 12.9. The lowest BCUT2D eigenvalue weighted by atomic mass is 10.1. The fourth-order valence-electron chi connectivity index (χ4n) is 4.98. The number of anilines is 2. The van der Waals surface area contributed by atoms with Crippen LogP contribution in [0.25, 0.3) is 21.5 Å². The summed E-state index contributed by atoms with van der Waals surface area (Å²) in [7, 11) is 0. The van der Waals surface area contributed by atoms with Gasteiger partial charge < -0.3 is 10.6 Å². The number of hydrogen-bond donors (Lipinski definition) is 2. The molecule has 2 aliphatic rings. The molecule has 0 atom stereocenters. The largest absolute Gasteiger partial charge is 0.325 e. The van der Waals surface area contributed by atoms with E-state index in [-0.39, 0.29) is 56.2 Å². The van der Waals surface area contributed by atoms with Crippen LogP contribution in [0.2, 0.25) is 0 Å². The Labute approximate surface area is 272 Å². The van der Waals surface area contributed by atoms with E-state index in [0.717, 1.165) is 45.1 Å². The number of nitrogens with one attached hydrogen (secondary N) is 2. The molecular formula is C32H24N4O4S4. The SMILES string of the molecule is O=C(CCN1C(=O)C(=C2SC(=S)N(CCC(=O)Nc3cccc4ccccc34)C2=O)SC1=S)Nc1cccc2ccccc12. The van der Waals surface area contributed by atoms with Gasteiger partial charge in [-0.3, -0.25) is 29.0 Å². The first-order valence-corrected chi connectivity index (χ1v) is 16.1. The van der Waals surface area contributed by atoms with Crippen molar-refractivity contribution in [2.45, 2.75) is 12.8 Å². The molecule has 12 heteroatoms. The maximum atomic E-state index is 13.3. The average molecular weight is 657 g/mol. The number of fused-ring (bicyclic) bond motifs is 2. The van der Waals surface area contributed by atoms with Crippen molar-refractivity contribution < 1.29 is 19.2 Å². The lowest BCUT2D eigenvalue weighted by Crippen LogP contribution is -2.33. The van der Waals surface area contributed by atoms with Gasteiger partial charge in [0.15, 0.2) is 0 Å². The molecule has 4 aromatic rings. The highest BCUT2D eigenvalue weighted by Crippen LogP contribution is 2.42. The smallest absolute Gasteiger partial charge is 0.267 e. The van der Waals surface area contributed by atoms with Gasteiger partial charge in [-0.25, -0.2) is 0 Å². The molecule has 2 aliphatic heterocycles. The van der Waals surface area contributed by atoms with Crippen molar-refractivity contribution >= 4 is 113 Å². The highest BCUT2D eigenvalue weighted by atomic mass is 32.2. The highest BCUT2D eigenvalue weighted by Gasteiger charge is 2.42. The third-order valence-corrected chi connectivity index (χ3v) is 10.2. The second-order valence-electron chi connectivity index (χ2n) is 9.96. The van der Waals surface area contributed by atoms with Crippen LogP contribution in [0.5, 0.6) is 0 Å². The van der Waals surface area contributed by atoms with Gasteiger partial charge in [-0.15, -0.1) is 0 Å². The van der Waals surface area contributed by atoms with Crippen molar-refractivity contribution in [1.29, 1.82) is 0 Å². The third kappa shape index (κ3) is 6.11. The number of nitrogens with zero attached hydrogens (tertiary/aromatic N) is 2. The predicted molar refractivity (Wildman–Crippen MR) is 185 cm³/mol. The van der Waals surface area contributed by atoms with Crippen LogP contribution in [-0.2, 0) is 19.2 Å². The van der Waals surface area contributed by atoms with Gasteiger partial charge in [0.25, 0.3) is 11.8 Å². The molecule has 220 valence electrons. The zero-order valence-corrected chi connectivity index (χ0v) is 26.3. The van der Waals surface area contributed by atoms with E-state index in [1.807, 2.05) is 84.9 Å². The summed E-state index contributed by atoms with van der Waals surface area (Å²) in [6.07, 6.45) is 0.0470. The molecule has 0 radical (unpaired) electrons. The molecule has 0 bridgehead atoms. The number of amides is 4. The number of carbonyl (C=O) groups excluding carboxylic acids is 4. The number of rotatable bonds is 8. The van der Waals surface area contributed by atoms with E-state index in [0.29, 0.717) is 11.4 Å². The summed E-state index contributed by atoms with van der Waals surface area (Å²) in [5, 5.41) is 9.68. The lowest BCUT2D eigenvalue weighted by molar-refractivity contribution is -0.125. The van der Waals surface area contributed by atoms with Gasteiger partial charge >= 0.3 is 0 Å². The van der Waals surface area contributed by atoms with E-state index in [2.05, 4.69) is 10.6 Å². The Hall–Kier alpha value is -4.10. The van der Waals surface area contributed by atoms with Gasteiger partial charge in [0.1, 0.15) is 8.64 Å². The standard InChI is InChI=1S/C32H24N4O4S4/c37-25(33-23-13-5-9-19-7-1-3-11-21(19)23)15-17-35-29(39)27(43-31(35)41)28-30(40)36(32(42)44-28)18-16-26(38)34-24-14-6-10-20-8-2-4-12-22(20)24/h1-14H,15-18H2,(H,33,37)(H,34,38). The predicted octanol–water partition coefficient (Wildman–Crippen LogP) is 6.28. The summed E-state index contributed by atoms with van der Waals surface area (Å²) in [5.74, 6) is -1.40. The topological polar surface area (TPSA) is 98.8 Å². The van der Waals surface area contributed by atoms with E-state index in [1.54, 1.807) is 0 Å². The van der Waals surface area contributed by atoms with Crippen LogP contribution in [0.4, 0.5) is 11.4 Å². The van der Waals surface area contributed by atoms with Crippen LogP contribution in [0.15, 0.2) is 94.7 Å². The molecule has 44 heavy (non-hydrogen) atoms. The molecule has 6 rings (SSSR count). The third-order valence-electron chi connectivity index (χ3n) is 7.16. The van der Waals surface area contributed by atoms with Crippen LogP contribution < -0.4 is 10.6 Å². The van der Waals surface area contributed by atoms with Gasteiger partial charge in [0, 0.05) is 48.1 Å². The van der Waals surface area contributed by atoms with E-state index < -0.39 is 11.8 Å². The van der Waals surface area contributed by atoms with Crippen molar-refractivity contribution in [2.24, 2.45) is 0 Å². The number of thiocarbonyl (C=S) groups is 2. The van der Waals surface area contributed by atoms with Crippen LogP contribution >= 0.6 is 48.0 Å². The van der Waals surface area contributed by atoms with Crippen molar-refractivity contribution in [3.63, 3.8) is 0 Å². The first kappa shape index (κ1) is 29.9. The molecular weight excluding hydrogens is 633 g/mol. The number of carbonyl (C=O) groups is 4. The summed E-state index contributed by atoms with van der Waals surface area (Å²) < 4.78 is 0.533. The minimum absolute atomic E-state index is 0.0235. The first-order valence-electron chi connectivity index (χ1n) is 13.7. The molecule has 2 N–H and O–H groups in total. The monoisotopic (exact) mass is 656 g/mol. The summed E-state index contributed by atoms with van der Waals surface area (Å²) in [6, 6.07) is 26.8. The Morgan fingerprint density at radius 3 is 1.41 bits per heavy atom. The molecule has 0 aromatic heterocycles. The van der Waals surface area contributed by atoms with Gasteiger partial charge in [0.05, 0.1) is 9.81 Å². The summed E-state index contributed by atoms with van der Waals surface area (Å²) in [4.78, 5) is 55.2. The Kier molecular flexibility index (Phi) is 8.76. The van der Waals surface area contributed by atoms with Gasteiger partial charge in [-0.2, -0.15) is 0 Å². The van der Waals surface area contributed by atoms with Gasteiger partial charge in [-0.1, -0.05) is 121 Å². The van der Waals surface area contributed by atoms with E-state index in [9.17, 15) is 19.2 Å². The maximum Gasteiger partial charge on any atom is 0.267 e. The van der Waals surface area contributed by atoms with E-state index in [1.165, 1.54) is 9.80 Å². The Balaban J connectivity index is 1.07. The summed E-state index contributed by atoms with van der Waals surface area (Å²) in [5.41, 5.74) is 1.38. The Bertz CT molecular complexity index is 1780. The fourth-order valence-corrected chi connectivity index (χ4v) is 7.75. The molecule has 2 saturated heterocycles. The molecule has 8 nitrogen and oxygen atoms in total. The molecule has 2 heterocycles. The Morgan fingerprint density at radius 1 is 0.591 bits per heavy atom. The van der Waals surface area contributed by atoms with Crippen LogP contribution in [0.3, 0.4) is 0 Å². The van der Waals surface area contributed by atoms with Crippen molar-refractivity contribution in [3.05, 3.63) is 94.7 Å². The number of thioether (sulfide) groups is 2. The minimum Gasteiger partial charge on any atom is -0.325 e. The lowest BCUT2D eigenvalue weighted by Gasteiger charge is -2.15. The number of hydrogen-bond acceptors (Lipinski definition) is 8. The zero-order valence-electron chi connectivity index (χ0n) is 23.1. The molecule has 0 aliphatic carbocycles. The summed E-state index contributed by atoms with van der Waals surface area (Å²) in [6.45, 7) is 0.138. The zero-order chi connectivity index (χ0) is 30.8. The van der Waals surface area contributed by atoms with Crippen LogP contribution in [-0.4, -0.2) is 55.2 Å². The normalized spacial score (nSPS) is 16.8. The summed E-state index contributed by atoms with van der Waals surface area (Å²) >= 11 is 12.9. The highest BCUT2D eigenvalue weighted by molar-refractivity contribution is 8.29. The molecule has 4 aromatic carbocycles. The van der Waals surface area contributed by atoms with Crippen molar-refractivity contribution in [1.82, 2.24) is 9.80 Å². The van der Waals surface area contributed by atoms with Crippen LogP contribution in [0, 0.1) is 0 Å². The molecule has 0 saturated carbocycles. The maximum absolute atomic E-state index is 13.3. The van der Waals surface area contributed by atoms with Gasteiger partial charge in [-0.05, 0) is 22.9 Å². The molecule has 0 unspecified atom stereocenters. The van der Waals surface area contributed by atoms with Crippen LogP contribution in [0.1, 0.15) is 12.8 Å². The second-order valence-corrected chi connectivity index (χ2v) is 13.2. The molecule has 4 amide bonds. The van der Waals surface area contributed by atoms with Crippen molar-refractivity contribution in [3.8, 4) is 0 Å². The van der Waals surface area contributed by atoms with Gasteiger partial charge in [0.2, 0.25) is 11.8 Å². The van der Waals surface area contributed by atoms with Crippen molar-refractivity contribution in [2.75, 3.05) is 23.7 Å². The average Bonchev–Trinajstić information content (AvgIpc) is 3.47. The molecule has 2 fully saturated rings. The quantitative estimate of drug-likeness (QED) is 0.169. The Morgan fingerprint density at radius 2 is 0.977 bits per heavy atom.